The van der Waals surface area contributed by atoms with Gasteiger partial charge in [0.15, 0.2) is 0 Å². The highest BCUT2D eigenvalue weighted by Crippen LogP contribution is 2.15. The molecule has 0 bridgehead atoms. The minimum Gasteiger partial charge on any atom is -0.351 e. The second-order valence-corrected chi connectivity index (χ2v) is 4.95. The predicted molar refractivity (Wildman–Crippen MR) is 71.5 cm³/mol. The number of amides is 1. The van der Waals surface area contributed by atoms with Crippen LogP contribution >= 0.6 is 11.3 Å². The molecule has 0 unspecified atom stereocenters. The molecule has 0 aliphatic carbocycles. The Bertz CT molecular complexity index is 550. The van der Waals surface area contributed by atoms with Crippen molar-refractivity contribution in [2.75, 3.05) is 6.54 Å². The number of aryl methyl sites for hydroxylation is 1. The number of hydrogen-bond acceptors (Lipinski definition) is 2. The second-order valence-electron chi connectivity index (χ2n) is 4.03. The van der Waals surface area contributed by atoms with E-state index in [2.05, 4.69) is 5.32 Å². The Labute approximate surface area is 109 Å². The topological polar surface area (TPSA) is 29.1 Å². The lowest BCUT2D eigenvalue weighted by Crippen LogP contribution is -2.25. The van der Waals surface area contributed by atoms with Gasteiger partial charge < -0.3 is 5.32 Å². The molecule has 0 saturated heterocycles. The van der Waals surface area contributed by atoms with Gasteiger partial charge in [-0.3, -0.25) is 4.79 Å². The van der Waals surface area contributed by atoms with Crippen LogP contribution in [0.1, 0.15) is 20.8 Å². The van der Waals surface area contributed by atoms with E-state index < -0.39 is 0 Å². The molecule has 0 atom stereocenters. The van der Waals surface area contributed by atoms with Crippen molar-refractivity contribution in [3.8, 4) is 0 Å². The summed E-state index contributed by atoms with van der Waals surface area (Å²) in [7, 11) is 0. The minimum absolute atomic E-state index is 0.0844. The molecule has 0 fully saturated rings. The van der Waals surface area contributed by atoms with Crippen molar-refractivity contribution < 1.29 is 9.18 Å². The summed E-state index contributed by atoms with van der Waals surface area (Å²) in [5, 5.41) is 4.70. The van der Waals surface area contributed by atoms with Gasteiger partial charge in [0.1, 0.15) is 5.82 Å². The Morgan fingerprint density at radius 1 is 1.33 bits per heavy atom. The van der Waals surface area contributed by atoms with Crippen molar-refractivity contribution in [2.45, 2.75) is 13.3 Å². The number of carbonyl (C=O) groups excluding carboxylic acids is 1. The average Bonchev–Trinajstić information content (AvgIpc) is 2.78. The zero-order chi connectivity index (χ0) is 13.0. The zero-order valence-electron chi connectivity index (χ0n) is 10.1. The quantitative estimate of drug-likeness (QED) is 0.902. The summed E-state index contributed by atoms with van der Waals surface area (Å²) in [6, 6.07) is 8.53. The predicted octanol–water partition coefficient (Wildman–Crippen LogP) is 3.17. The maximum atomic E-state index is 13.3. The van der Waals surface area contributed by atoms with Gasteiger partial charge in [-0.1, -0.05) is 18.2 Å². The van der Waals surface area contributed by atoms with Crippen molar-refractivity contribution in [3.63, 3.8) is 0 Å². The zero-order valence-corrected chi connectivity index (χ0v) is 10.9. The van der Waals surface area contributed by atoms with Crippen LogP contribution in [0.25, 0.3) is 0 Å². The van der Waals surface area contributed by atoms with Gasteiger partial charge in [-0.25, -0.2) is 4.39 Å². The molecule has 0 saturated carbocycles. The van der Waals surface area contributed by atoms with Crippen LogP contribution in [0.3, 0.4) is 0 Å². The molecule has 0 aliphatic rings. The van der Waals surface area contributed by atoms with Crippen LogP contribution in [-0.4, -0.2) is 12.5 Å². The number of hydrogen-bond donors (Lipinski definition) is 1. The molecule has 4 heteroatoms. The van der Waals surface area contributed by atoms with Crippen LogP contribution in [-0.2, 0) is 6.42 Å². The number of halogens is 1. The minimum atomic E-state index is -0.223. The highest BCUT2D eigenvalue weighted by molar-refractivity contribution is 7.12. The molecule has 1 heterocycles. The maximum absolute atomic E-state index is 13.3. The van der Waals surface area contributed by atoms with E-state index in [0.717, 1.165) is 10.4 Å². The van der Waals surface area contributed by atoms with Gasteiger partial charge in [0.25, 0.3) is 5.91 Å². The van der Waals surface area contributed by atoms with Gasteiger partial charge >= 0.3 is 0 Å². The summed E-state index contributed by atoms with van der Waals surface area (Å²) in [5.74, 6) is -0.308. The SMILES string of the molecule is Cc1ccsc1C(=O)NCCc1ccccc1F. The molecule has 94 valence electrons. The monoisotopic (exact) mass is 263 g/mol. The number of nitrogens with one attached hydrogen (secondary N) is 1. The Morgan fingerprint density at radius 2 is 2.11 bits per heavy atom. The fourth-order valence-corrected chi connectivity index (χ4v) is 2.54. The van der Waals surface area contributed by atoms with Crippen molar-refractivity contribution >= 4 is 17.2 Å². The van der Waals surface area contributed by atoms with Crippen LogP contribution in [0.4, 0.5) is 4.39 Å². The summed E-state index contributed by atoms with van der Waals surface area (Å²) in [4.78, 5) is 12.5. The van der Waals surface area contributed by atoms with Crippen LogP contribution < -0.4 is 5.32 Å². The lowest BCUT2D eigenvalue weighted by molar-refractivity contribution is 0.0957. The number of carbonyl (C=O) groups is 1. The lowest BCUT2D eigenvalue weighted by Gasteiger charge is -2.05. The van der Waals surface area contributed by atoms with E-state index in [1.54, 1.807) is 18.2 Å². The summed E-state index contributed by atoms with van der Waals surface area (Å²) in [6.07, 6.45) is 0.503. The average molecular weight is 263 g/mol. The Morgan fingerprint density at radius 3 is 2.78 bits per heavy atom. The van der Waals surface area contributed by atoms with Crippen LogP contribution in [0.15, 0.2) is 35.7 Å². The highest BCUT2D eigenvalue weighted by Gasteiger charge is 2.09. The van der Waals surface area contributed by atoms with E-state index in [9.17, 15) is 9.18 Å². The highest BCUT2D eigenvalue weighted by atomic mass is 32.1. The normalized spacial score (nSPS) is 10.3. The molecule has 2 rings (SSSR count). The van der Waals surface area contributed by atoms with Crippen LogP contribution in [0, 0.1) is 12.7 Å². The molecule has 0 spiro atoms. The third-order valence-corrected chi connectivity index (χ3v) is 3.72. The summed E-state index contributed by atoms with van der Waals surface area (Å²) < 4.78 is 13.3. The van der Waals surface area contributed by atoms with Gasteiger partial charge in [-0.15, -0.1) is 11.3 Å². The van der Waals surface area contributed by atoms with Crippen molar-refractivity contribution in [2.24, 2.45) is 0 Å². The Kier molecular flexibility index (Phi) is 4.10. The first-order chi connectivity index (χ1) is 8.68. The second kappa shape index (κ2) is 5.78. The van der Waals surface area contributed by atoms with E-state index in [-0.39, 0.29) is 11.7 Å². The van der Waals surface area contributed by atoms with E-state index in [4.69, 9.17) is 0 Å². The third-order valence-electron chi connectivity index (χ3n) is 2.71. The maximum Gasteiger partial charge on any atom is 0.261 e. The van der Waals surface area contributed by atoms with Crippen molar-refractivity contribution in [1.29, 1.82) is 0 Å². The van der Waals surface area contributed by atoms with Crippen molar-refractivity contribution in [3.05, 3.63) is 57.5 Å². The fraction of sp³-hybridized carbons (Fsp3) is 0.214. The number of rotatable bonds is 4. The number of thiophene rings is 1. The van der Waals surface area contributed by atoms with E-state index in [1.165, 1.54) is 17.4 Å². The molecule has 18 heavy (non-hydrogen) atoms. The Hall–Kier alpha value is -1.68. The molecular formula is C14H14FNOS. The van der Waals surface area contributed by atoms with Gasteiger partial charge in [0.05, 0.1) is 4.88 Å². The summed E-state index contributed by atoms with van der Waals surface area (Å²) in [6.45, 7) is 2.35. The Balaban J connectivity index is 1.88. The molecule has 0 radical (unpaired) electrons. The van der Waals surface area contributed by atoms with E-state index in [0.29, 0.717) is 18.5 Å². The van der Waals surface area contributed by atoms with Crippen LogP contribution in [0.5, 0.6) is 0 Å². The van der Waals surface area contributed by atoms with Gasteiger partial charge in [-0.05, 0) is 42.0 Å². The standard InChI is InChI=1S/C14H14FNOS/c1-10-7-9-18-13(10)14(17)16-8-6-11-4-2-3-5-12(11)15/h2-5,7,9H,6,8H2,1H3,(H,16,17). The van der Waals surface area contributed by atoms with Crippen molar-refractivity contribution in [1.82, 2.24) is 5.32 Å². The molecule has 2 aromatic rings. The van der Waals surface area contributed by atoms with E-state index in [1.807, 2.05) is 18.4 Å². The van der Waals surface area contributed by atoms with Gasteiger partial charge in [0, 0.05) is 6.54 Å². The lowest BCUT2D eigenvalue weighted by atomic mass is 10.1. The van der Waals surface area contributed by atoms with Gasteiger partial charge in [-0.2, -0.15) is 0 Å². The first kappa shape index (κ1) is 12.8. The largest absolute Gasteiger partial charge is 0.351 e. The molecule has 1 amide bonds. The third kappa shape index (κ3) is 2.96. The smallest absolute Gasteiger partial charge is 0.261 e. The summed E-state index contributed by atoms with van der Waals surface area (Å²) in [5.41, 5.74) is 1.60. The fourth-order valence-electron chi connectivity index (χ4n) is 1.70. The molecule has 1 aromatic heterocycles. The molecule has 2 nitrogen and oxygen atoms in total. The molecule has 1 N–H and O–H groups in total. The van der Waals surface area contributed by atoms with E-state index >= 15 is 0 Å². The number of benzene rings is 1. The first-order valence-electron chi connectivity index (χ1n) is 5.74. The summed E-state index contributed by atoms with van der Waals surface area (Å²) >= 11 is 1.42. The molecule has 1 aromatic carbocycles. The van der Waals surface area contributed by atoms with Gasteiger partial charge in [0.2, 0.25) is 0 Å². The molecular weight excluding hydrogens is 249 g/mol. The first-order valence-corrected chi connectivity index (χ1v) is 6.62. The van der Waals surface area contributed by atoms with Crippen LogP contribution in [0.2, 0.25) is 0 Å². The molecule has 0 aliphatic heterocycles.